The maximum absolute atomic E-state index is 10.6. The molecule has 0 amide bonds. The third-order valence-corrected chi connectivity index (χ3v) is 3.46. The van der Waals surface area contributed by atoms with Crippen LogP contribution in [0.4, 0.5) is 17.1 Å². The zero-order valence-electron chi connectivity index (χ0n) is 12.6. The maximum Gasteiger partial charge on any atom is 0.269 e. The number of benzene rings is 1. The monoisotopic (exact) mass is 319 g/mol. The van der Waals surface area contributed by atoms with Gasteiger partial charge in [0.1, 0.15) is 0 Å². The molecule has 8 heteroatoms. The number of hydrogen-bond acceptors (Lipinski definition) is 4. The molecule has 1 heterocycles. The molecular formula is C14H17N5O2S. The van der Waals surface area contributed by atoms with Crippen LogP contribution in [0.25, 0.3) is 0 Å². The standard InChI is InChI=1S/C14H17N5O2S/c1-4-18-10(3)13(9(2)17-18)16-14(22)15-11-5-7-12(8-6-11)19(20)21/h5-8H,4H2,1-3H3,(H2,15,16,22). The van der Waals surface area contributed by atoms with Crippen molar-refractivity contribution in [1.82, 2.24) is 9.78 Å². The van der Waals surface area contributed by atoms with Crippen LogP contribution in [-0.4, -0.2) is 19.8 Å². The summed E-state index contributed by atoms with van der Waals surface area (Å²) in [5, 5.41) is 21.6. The molecule has 0 atom stereocenters. The molecule has 0 bridgehead atoms. The number of nitrogens with one attached hydrogen (secondary N) is 2. The van der Waals surface area contributed by atoms with E-state index < -0.39 is 4.92 Å². The van der Waals surface area contributed by atoms with Crippen molar-refractivity contribution in [2.45, 2.75) is 27.3 Å². The highest BCUT2D eigenvalue weighted by Gasteiger charge is 2.12. The second kappa shape index (κ2) is 6.52. The fourth-order valence-corrected chi connectivity index (χ4v) is 2.35. The number of aromatic nitrogens is 2. The summed E-state index contributed by atoms with van der Waals surface area (Å²) in [5.41, 5.74) is 3.47. The van der Waals surface area contributed by atoms with Gasteiger partial charge >= 0.3 is 0 Å². The van der Waals surface area contributed by atoms with Gasteiger partial charge in [0.15, 0.2) is 5.11 Å². The van der Waals surface area contributed by atoms with E-state index >= 15 is 0 Å². The van der Waals surface area contributed by atoms with Crippen molar-refractivity contribution < 1.29 is 4.92 Å². The van der Waals surface area contributed by atoms with Gasteiger partial charge < -0.3 is 10.6 Å². The van der Waals surface area contributed by atoms with Gasteiger partial charge in [0.05, 0.1) is 22.0 Å². The summed E-state index contributed by atoms with van der Waals surface area (Å²) in [6.07, 6.45) is 0. The summed E-state index contributed by atoms with van der Waals surface area (Å²) >= 11 is 5.27. The van der Waals surface area contributed by atoms with Crippen molar-refractivity contribution in [3.63, 3.8) is 0 Å². The van der Waals surface area contributed by atoms with Crippen molar-refractivity contribution in [1.29, 1.82) is 0 Å². The number of hydrogen-bond donors (Lipinski definition) is 2. The summed E-state index contributed by atoms with van der Waals surface area (Å²) in [7, 11) is 0. The van der Waals surface area contributed by atoms with Crippen LogP contribution < -0.4 is 10.6 Å². The average Bonchev–Trinajstić information content (AvgIpc) is 2.75. The Balaban J connectivity index is 2.07. The first kappa shape index (κ1) is 15.9. The molecule has 2 N–H and O–H groups in total. The zero-order valence-corrected chi connectivity index (χ0v) is 13.4. The van der Waals surface area contributed by atoms with Gasteiger partial charge in [-0.25, -0.2) is 0 Å². The number of aryl methyl sites for hydroxylation is 2. The Morgan fingerprint density at radius 3 is 2.45 bits per heavy atom. The van der Waals surface area contributed by atoms with Crippen LogP contribution in [0.5, 0.6) is 0 Å². The van der Waals surface area contributed by atoms with Crippen molar-refractivity contribution in [2.75, 3.05) is 10.6 Å². The number of thiocarbonyl (C=S) groups is 1. The van der Waals surface area contributed by atoms with E-state index in [2.05, 4.69) is 15.7 Å². The molecule has 0 saturated heterocycles. The topological polar surface area (TPSA) is 85.0 Å². The van der Waals surface area contributed by atoms with E-state index in [1.165, 1.54) is 12.1 Å². The molecule has 0 fully saturated rings. The highest BCUT2D eigenvalue weighted by Crippen LogP contribution is 2.20. The highest BCUT2D eigenvalue weighted by atomic mass is 32.1. The molecule has 2 aromatic rings. The number of nitrogens with zero attached hydrogens (tertiary/aromatic N) is 3. The van der Waals surface area contributed by atoms with Gasteiger partial charge in [-0.1, -0.05) is 0 Å². The van der Waals surface area contributed by atoms with E-state index in [4.69, 9.17) is 12.2 Å². The molecule has 0 spiro atoms. The Labute approximate surface area is 133 Å². The Bertz CT molecular complexity index is 709. The molecule has 0 aliphatic carbocycles. The van der Waals surface area contributed by atoms with Gasteiger partial charge in [0.2, 0.25) is 0 Å². The fourth-order valence-electron chi connectivity index (χ4n) is 2.13. The lowest BCUT2D eigenvalue weighted by molar-refractivity contribution is -0.384. The van der Waals surface area contributed by atoms with Gasteiger partial charge in [0, 0.05) is 24.4 Å². The molecule has 0 saturated carbocycles. The third kappa shape index (κ3) is 3.40. The third-order valence-electron chi connectivity index (χ3n) is 3.26. The van der Waals surface area contributed by atoms with Crippen LogP contribution in [0.2, 0.25) is 0 Å². The zero-order chi connectivity index (χ0) is 16.3. The minimum atomic E-state index is -0.438. The van der Waals surface area contributed by atoms with Gasteiger partial charge in [-0.05, 0) is 45.1 Å². The summed E-state index contributed by atoms with van der Waals surface area (Å²) in [6.45, 7) is 6.70. The summed E-state index contributed by atoms with van der Waals surface area (Å²) in [4.78, 5) is 10.2. The van der Waals surface area contributed by atoms with Crippen LogP contribution in [0.3, 0.4) is 0 Å². The number of nitro benzene ring substituents is 1. The molecule has 0 aliphatic heterocycles. The predicted octanol–water partition coefficient (Wildman–Crippen LogP) is 3.24. The Kier molecular flexibility index (Phi) is 4.71. The lowest BCUT2D eigenvalue weighted by atomic mass is 10.3. The van der Waals surface area contributed by atoms with Gasteiger partial charge in [0.25, 0.3) is 5.69 Å². The SMILES string of the molecule is CCn1nc(C)c(NC(=S)Nc2ccc([N+](=O)[O-])cc2)c1C. The smallest absolute Gasteiger partial charge is 0.269 e. The van der Waals surface area contributed by atoms with E-state index in [1.807, 2.05) is 25.5 Å². The Morgan fingerprint density at radius 1 is 1.32 bits per heavy atom. The first-order valence-electron chi connectivity index (χ1n) is 6.78. The second-order valence-corrected chi connectivity index (χ2v) is 5.15. The van der Waals surface area contributed by atoms with E-state index in [1.54, 1.807) is 12.1 Å². The van der Waals surface area contributed by atoms with Gasteiger partial charge in [-0.3, -0.25) is 14.8 Å². The molecule has 0 radical (unpaired) electrons. The van der Waals surface area contributed by atoms with Crippen molar-refractivity contribution in [3.05, 3.63) is 45.8 Å². The highest BCUT2D eigenvalue weighted by molar-refractivity contribution is 7.80. The first-order valence-corrected chi connectivity index (χ1v) is 7.19. The molecular weight excluding hydrogens is 302 g/mol. The summed E-state index contributed by atoms with van der Waals surface area (Å²) < 4.78 is 1.89. The predicted molar refractivity (Wildman–Crippen MR) is 90.3 cm³/mol. The number of non-ortho nitro benzene ring substituents is 1. The molecule has 7 nitrogen and oxygen atoms in total. The normalized spacial score (nSPS) is 10.3. The Morgan fingerprint density at radius 2 is 1.95 bits per heavy atom. The van der Waals surface area contributed by atoms with Gasteiger partial charge in [-0.15, -0.1) is 0 Å². The molecule has 22 heavy (non-hydrogen) atoms. The summed E-state index contributed by atoms with van der Waals surface area (Å²) in [5.74, 6) is 0. The number of nitro groups is 1. The molecule has 0 aliphatic rings. The average molecular weight is 319 g/mol. The van der Waals surface area contributed by atoms with E-state index in [0.717, 1.165) is 23.6 Å². The van der Waals surface area contributed by atoms with E-state index in [0.29, 0.717) is 10.8 Å². The number of anilines is 2. The lowest BCUT2D eigenvalue weighted by Crippen LogP contribution is -2.19. The summed E-state index contributed by atoms with van der Waals surface area (Å²) in [6, 6.07) is 6.08. The van der Waals surface area contributed by atoms with E-state index in [9.17, 15) is 10.1 Å². The molecule has 0 unspecified atom stereocenters. The van der Waals surface area contributed by atoms with Crippen molar-refractivity contribution in [2.24, 2.45) is 0 Å². The Hall–Kier alpha value is -2.48. The van der Waals surface area contributed by atoms with Crippen LogP contribution >= 0.6 is 12.2 Å². The van der Waals surface area contributed by atoms with Crippen molar-refractivity contribution >= 4 is 34.4 Å². The fraction of sp³-hybridized carbons (Fsp3) is 0.286. The van der Waals surface area contributed by atoms with Gasteiger partial charge in [-0.2, -0.15) is 5.10 Å². The largest absolute Gasteiger partial charge is 0.332 e. The quantitative estimate of drug-likeness (QED) is 0.511. The van der Waals surface area contributed by atoms with Crippen LogP contribution in [0.15, 0.2) is 24.3 Å². The molecule has 116 valence electrons. The second-order valence-electron chi connectivity index (χ2n) is 4.74. The maximum atomic E-state index is 10.6. The van der Waals surface area contributed by atoms with Crippen LogP contribution in [-0.2, 0) is 6.54 Å². The molecule has 1 aromatic heterocycles. The molecule has 2 rings (SSSR count). The minimum Gasteiger partial charge on any atom is -0.332 e. The lowest BCUT2D eigenvalue weighted by Gasteiger charge is -2.11. The van der Waals surface area contributed by atoms with Crippen LogP contribution in [0, 0.1) is 24.0 Å². The number of rotatable bonds is 4. The first-order chi connectivity index (χ1) is 10.4. The van der Waals surface area contributed by atoms with Crippen molar-refractivity contribution in [3.8, 4) is 0 Å². The molecule has 1 aromatic carbocycles. The van der Waals surface area contributed by atoms with Crippen LogP contribution in [0.1, 0.15) is 18.3 Å². The minimum absolute atomic E-state index is 0.0420. The van der Waals surface area contributed by atoms with E-state index in [-0.39, 0.29) is 5.69 Å².